The first-order valence-corrected chi connectivity index (χ1v) is 8.99. The zero-order chi connectivity index (χ0) is 20.6. The highest BCUT2D eigenvalue weighted by Gasteiger charge is 2.23. The molecule has 3 aromatic rings. The van der Waals surface area contributed by atoms with Crippen LogP contribution in [0.3, 0.4) is 0 Å². The van der Waals surface area contributed by atoms with Crippen molar-refractivity contribution in [3.05, 3.63) is 62.6 Å². The van der Waals surface area contributed by atoms with Crippen LogP contribution in [0.4, 0.5) is 5.69 Å². The summed E-state index contributed by atoms with van der Waals surface area (Å²) in [5, 5.41) is 21.4. The number of aromatic nitrogens is 4. The second-order valence-electron chi connectivity index (χ2n) is 6.26. The number of carboxylic acid groups (broad SMARTS) is 1. The average molecular weight is 422 g/mol. The number of carbonyl (C=O) groups is 2. The molecule has 0 aliphatic carbocycles. The molecule has 1 aromatic carbocycles. The smallest absolute Gasteiger partial charge is 0.339 e. The molecule has 8 nitrogen and oxygen atoms in total. The van der Waals surface area contributed by atoms with Crippen molar-refractivity contribution in [3.8, 4) is 0 Å². The summed E-state index contributed by atoms with van der Waals surface area (Å²) in [5.41, 5.74) is 2.27. The molecule has 0 aliphatic rings. The van der Waals surface area contributed by atoms with Crippen LogP contribution in [0.15, 0.2) is 24.4 Å². The van der Waals surface area contributed by atoms with Crippen molar-refractivity contribution < 1.29 is 14.7 Å². The van der Waals surface area contributed by atoms with Gasteiger partial charge in [0.2, 0.25) is 0 Å². The van der Waals surface area contributed by atoms with Crippen molar-refractivity contribution in [1.82, 2.24) is 19.6 Å². The zero-order valence-corrected chi connectivity index (χ0v) is 16.8. The van der Waals surface area contributed by atoms with Crippen molar-refractivity contribution in [2.24, 2.45) is 7.05 Å². The Bertz CT molecular complexity index is 1090. The van der Waals surface area contributed by atoms with Crippen LogP contribution in [0, 0.1) is 13.8 Å². The van der Waals surface area contributed by atoms with Crippen molar-refractivity contribution in [2.75, 3.05) is 5.32 Å². The molecule has 0 spiro atoms. The summed E-state index contributed by atoms with van der Waals surface area (Å²) in [5.74, 6) is -1.84. The van der Waals surface area contributed by atoms with E-state index in [4.69, 9.17) is 23.2 Å². The van der Waals surface area contributed by atoms with E-state index in [0.29, 0.717) is 33.7 Å². The van der Waals surface area contributed by atoms with Gasteiger partial charge in [0.15, 0.2) is 5.69 Å². The van der Waals surface area contributed by atoms with E-state index >= 15 is 0 Å². The molecule has 0 fully saturated rings. The first kappa shape index (κ1) is 19.9. The van der Waals surface area contributed by atoms with Crippen LogP contribution >= 0.6 is 23.2 Å². The second kappa shape index (κ2) is 7.65. The van der Waals surface area contributed by atoms with E-state index < -0.39 is 11.9 Å². The Hall–Kier alpha value is -2.84. The third-order valence-corrected chi connectivity index (χ3v) is 4.82. The molecular weight excluding hydrogens is 405 g/mol. The number of halogens is 2. The Morgan fingerprint density at radius 2 is 1.93 bits per heavy atom. The van der Waals surface area contributed by atoms with E-state index in [0.717, 1.165) is 5.56 Å². The van der Waals surface area contributed by atoms with Gasteiger partial charge >= 0.3 is 5.97 Å². The molecule has 10 heteroatoms. The third kappa shape index (κ3) is 3.88. The van der Waals surface area contributed by atoms with E-state index in [9.17, 15) is 14.7 Å². The molecule has 3 rings (SSSR count). The number of hydrogen-bond donors (Lipinski definition) is 2. The van der Waals surface area contributed by atoms with Crippen LogP contribution in [0.5, 0.6) is 0 Å². The van der Waals surface area contributed by atoms with Crippen LogP contribution < -0.4 is 5.32 Å². The van der Waals surface area contributed by atoms with Gasteiger partial charge in [-0.15, -0.1) is 0 Å². The summed E-state index contributed by atoms with van der Waals surface area (Å²) in [6.45, 7) is 3.94. The van der Waals surface area contributed by atoms with Gasteiger partial charge in [0.1, 0.15) is 5.56 Å². The van der Waals surface area contributed by atoms with Crippen LogP contribution in [0.25, 0.3) is 0 Å². The van der Waals surface area contributed by atoms with Gasteiger partial charge in [0.25, 0.3) is 5.91 Å². The summed E-state index contributed by atoms with van der Waals surface area (Å²) in [6, 6.07) is 5.21. The number of amides is 1. The first-order chi connectivity index (χ1) is 13.2. The van der Waals surface area contributed by atoms with Crippen LogP contribution in [-0.4, -0.2) is 36.5 Å². The standard InChI is InChI=1S/C18H17Cl2N5O3/c1-9-15(21-17(26)16-13(18(27)28)8-24(3)23-16)10(2)25(22-9)7-11-4-5-12(19)6-14(11)20/h4-6,8H,7H2,1-3H3,(H,21,26)(H,27,28). The highest BCUT2D eigenvalue weighted by Crippen LogP contribution is 2.25. The molecule has 0 aliphatic heterocycles. The lowest BCUT2D eigenvalue weighted by molar-refractivity contribution is 0.0692. The van der Waals surface area contributed by atoms with E-state index in [-0.39, 0.29) is 11.3 Å². The maximum absolute atomic E-state index is 12.6. The Balaban J connectivity index is 1.88. The lowest BCUT2D eigenvalue weighted by Gasteiger charge is -2.08. The topological polar surface area (TPSA) is 102 Å². The second-order valence-corrected chi connectivity index (χ2v) is 7.11. The number of carboxylic acids is 1. The van der Waals surface area contributed by atoms with E-state index in [1.807, 2.05) is 6.07 Å². The first-order valence-electron chi connectivity index (χ1n) is 8.23. The van der Waals surface area contributed by atoms with E-state index in [2.05, 4.69) is 15.5 Å². The highest BCUT2D eigenvalue weighted by molar-refractivity contribution is 6.35. The van der Waals surface area contributed by atoms with Gasteiger partial charge < -0.3 is 10.4 Å². The normalized spacial score (nSPS) is 10.9. The molecule has 0 atom stereocenters. The molecule has 0 radical (unpaired) electrons. The number of aromatic carboxylic acids is 1. The van der Waals surface area contributed by atoms with Crippen LogP contribution in [0.2, 0.25) is 10.0 Å². The Labute approximate surface area is 170 Å². The van der Waals surface area contributed by atoms with E-state index in [1.54, 1.807) is 37.7 Å². The number of rotatable bonds is 5. The van der Waals surface area contributed by atoms with Gasteiger partial charge in [-0.2, -0.15) is 10.2 Å². The van der Waals surface area contributed by atoms with Crippen LogP contribution in [-0.2, 0) is 13.6 Å². The van der Waals surface area contributed by atoms with Crippen LogP contribution in [0.1, 0.15) is 37.8 Å². The molecule has 28 heavy (non-hydrogen) atoms. The molecule has 2 N–H and O–H groups in total. The summed E-state index contributed by atoms with van der Waals surface area (Å²) < 4.78 is 2.99. The van der Waals surface area contributed by atoms with Gasteiger partial charge in [-0.05, 0) is 31.5 Å². The minimum atomic E-state index is -1.22. The Morgan fingerprint density at radius 3 is 2.57 bits per heavy atom. The molecule has 2 aromatic heterocycles. The van der Waals surface area contributed by atoms with Crippen molar-refractivity contribution >= 4 is 40.8 Å². The predicted molar refractivity (Wildman–Crippen MR) is 105 cm³/mol. The minimum absolute atomic E-state index is 0.165. The van der Waals surface area contributed by atoms with Gasteiger partial charge in [0.05, 0.1) is 23.6 Å². The highest BCUT2D eigenvalue weighted by atomic mass is 35.5. The molecule has 146 valence electrons. The van der Waals surface area contributed by atoms with Crippen molar-refractivity contribution in [1.29, 1.82) is 0 Å². The summed E-state index contributed by atoms with van der Waals surface area (Å²) in [6.07, 6.45) is 1.28. The molecule has 2 heterocycles. The number of anilines is 1. The van der Waals surface area contributed by atoms with Crippen molar-refractivity contribution in [3.63, 3.8) is 0 Å². The fraction of sp³-hybridized carbons (Fsp3) is 0.222. The fourth-order valence-electron chi connectivity index (χ4n) is 2.83. The SMILES string of the molecule is Cc1nn(Cc2ccc(Cl)cc2Cl)c(C)c1NC(=O)c1nn(C)cc1C(=O)O. The Morgan fingerprint density at radius 1 is 1.21 bits per heavy atom. The van der Waals surface area contributed by atoms with Gasteiger partial charge in [-0.3, -0.25) is 14.2 Å². The molecule has 0 saturated carbocycles. The molecular formula is C18H17Cl2N5O3. The Kier molecular flexibility index (Phi) is 5.44. The third-order valence-electron chi connectivity index (χ3n) is 4.23. The van der Waals surface area contributed by atoms with E-state index in [1.165, 1.54) is 10.9 Å². The molecule has 1 amide bonds. The van der Waals surface area contributed by atoms with Gasteiger partial charge in [-0.1, -0.05) is 29.3 Å². The quantitative estimate of drug-likeness (QED) is 0.655. The summed E-state index contributed by atoms with van der Waals surface area (Å²) in [7, 11) is 1.55. The largest absolute Gasteiger partial charge is 0.478 e. The van der Waals surface area contributed by atoms with Gasteiger partial charge in [-0.25, -0.2) is 4.79 Å². The number of carbonyl (C=O) groups excluding carboxylic acids is 1. The number of aryl methyl sites for hydroxylation is 2. The number of nitrogens with one attached hydrogen (secondary N) is 1. The number of nitrogens with zero attached hydrogens (tertiary/aromatic N) is 4. The zero-order valence-electron chi connectivity index (χ0n) is 15.3. The van der Waals surface area contributed by atoms with Gasteiger partial charge in [0, 0.05) is 23.3 Å². The molecule has 0 unspecified atom stereocenters. The maximum atomic E-state index is 12.6. The summed E-state index contributed by atoms with van der Waals surface area (Å²) >= 11 is 12.2. The fourth-order valence-corrected chi connectivity index (χ4v) is 3.30. The summed E-state index contributed by atoms with van der Waals surface area (Å²) in [4.78, 5) is 23.9. The maximum Gasteiger partial charge on any atom is 0.339 e. The number of benzene rings is 1. The predicted octanol–water partition coefficient (Wildman–Crippen LogP) is 3.54. The average Bonchev–Trinajstić information content (AvgIpc) is 3.13. The monoisotopic (exact) mass is 421 g/mol. The lowest BCUT2D eigenvalue weighted by atomic mass is 10.2. The molecule has 0 saturated heterocycles. The number of hydrogen-bond acceptors (Lipinski definition) is 4. The molecule has 0 bridgehead atoms. The van der Waals surface area contributed by atoms with Crippen molar-refractivity contribution in [2.45, 2.75) is 20.4 Å². The lowest BCUT2D eigenvalue weighted by Crippen LogP contribution is -2.17. The minimum Gasteiger partial charge on any atom is -0.478 e.